The topological polar surface area (TPSA) is 169 Å². The third-order valence-electron chi connectivity index (χ3n) is 7.91. The molecule has 198 valence electrons. The van der Waals surface area contributed by atoms with Crippen LogP contribution in [0.3, 0.4) is 0 Å². The monoisotopic (exact) mass is 517 g/mol. The van der Waals surface area contributed by atoms with E-state index in [9.17, 15) is 34.5 Å². The molecule has 6 atom stereocenters. The Labute approximate surface area is 211 Å². The minimum Gasteiger partial charge on any atom is -0.504 e. The molecule has 1 spiro atoms. The molecule has 4 aliphatic rings. The number of piperidine rings is 1. The number of hydrogen-bond acceptors (Lipinski definition) is 11. The van der Waals surface area contributed by atoms with Crippen LogP contribution >= 0.6 is 0 Å². The number of carbonyl (C=O) groups excluding carboxylic acids is 3. The SMILES string of the molecule is CC(=O)O[C@@H](C(=O)O)[C@@H](OC(C)=O)C(=O)OC1=CC[C@@]2(O)[C@H]3Cc4ccc(O)c5c4C2(CCN3C)C1O5. The number of carboxylic acids is 1. The lowest BCUT2D eigenvalue weighted by Crippen LogP contribution is -2.74. The van der Waals surface area contributed by atoms with E-state index < -0.39 is 53.2 Å². The molecule has 12 nitrogen and oxygen atoms in total. The second kappa shape index (κ2) is 8.45. The highest BCUT2D eigenvalue weighted by Gasteiger charge is 2.72. The van der Waals surface area contributed by atoms with Crippen LogP contribution in [0.15, 0.2) is 24.0 Å². The Kier molecular flexibility index (Phi) is 5.72. The van der Waals surface area contributed by atoms with E-state index >= 15 is 0 Å². The number of phenols is 1. The number of ether oxygens (including phenoxy) is 4. The number of aliphatic hydroxyl groups is 1. The average Bonchev–Trinajstić information content (AvgIpc) is 3.17. The molecular formula is C25H27NO11. The van der Waals surface area contributed by atoms with Crippen LogP contribution in [0, 0.1) is 0 Å². The number of hydrogen-bond donors (Lipinski definition) is 3. The zero-order chi connectivity index (χ0) is 26.9. The summed E-state index contributed by atoms with van der Waals surface area (Å²) in [5.74, 6) is -4.94. The van der Waals surface area contributed by atoms with E-state index in [4.69, 9.17) is 18.9 Å². The number of aromatic hydroxyl groups is 1. The summed E-state index contributed by atoms with van der Waals surface area (Å²) in [6.45, 7) is 2.52. The summed E-state index contributed by atoms with van der Waals surface area (Å²) in [6.07, 6.45) is -2.72. The number of carbonyl (C=O) groups is 4. The van der Waals surface area contributed by atoms with Gasteiger partial charge in [0.05, 0.1) is 11.0 Å². The van der Waals surface area contributed by atoms with E-state index in [0.717, 1.165) is 19.4 Å². The molecule has 12 heteroatoms. The van der Waals surface area contributed by atoms with Crippen LogP contribution < -0.4 is 4.74 Å². The van der Waals surface area contributed by atoms with Crippen molar-refractivity contribution in [2.24, 2.45) is 0 Å². The van der Waals surface area contributed by atoms with Crippen molar-refractivity contribution in [3.63, 3.8) is 0 Å². The predicted octanol–water partition coefficient (Wildman–Crippen LogP) is 0.161. The highest BCUT2D eigenvalue weighted by Crippen LogP contribution is 2.65. The maximum Gasteiger partial charge on any atom is 0.357 e. The average molecular weight is 517 g/mol. The lowest BCUT2D eigenvalue weighted by molar-refractivity contribution is -0.190. The number of rotatable bonds is 6. The van der Waals surface area contributed by atoms with E-state index in [1.54, 1.807) is 6.07 Å². The van der Waals surface area contributed by atoms with Gasteiger partial charge in [-0.2, -0.15) is 0 Å². The van der Waals surface area contributed by atoms with Crippen molar-refractivity contribution >= 4 is 23.9 Å². The standard InChI is InChI=1S/C25H27NO11/c1-11(27)34-19(22(30)31)20(35-12(2)28)23(32)36-15-6-7-25(33)16-10-13-4-5-14(29)18-17(13)24(25,21(15)37-18)8-9-26(16)3/h4-6,16,19-21,29,33H,7-10H2,1-3H3,(H,30,31)/t16-,19-,20-,21?,24?,25-/m1/s1. The van der Waals surface area contributed by atoms with Gasteiger partial charge in [0.25, 0.3) is 0 Å². The van der Waals surface area contributed by atoms with Crippen LogP contribution in [0.1, 0.15) is 37.8 Å². The van der Waals surface area contributed by atoms with Gasteiger partial charge >= 0.3 is 23.9 Å². The van der Waals surface area contributed by atoms with Crippen molar-refractivity contribution in [2.45, 2.75) is 68.5 Å². The van der Waals surface area contributed by atoms with Crippen molar-refractivity contribution < 1.29 is 53.4 Å². The first-order chi connectivity index (χ1) is 17.4. The molecule has 2 aliphatic carbocycles. The number of likely N-dealkylation sites (N-methyl/N-ethyl adjacent to an activating group) is 1. The molecule has 1 aromatic rings. The number of carboxylic acid groups (broad SMARTS) is 1. The van der Waals surface area contributed by atoms with Crippen molar-refractivity contribution in [3.05, 3.63) is 35.1 Å². The lowest BCUT2D eigenvalue weighted by Gasteiger charge is -2.61. The quantitative estimate of drug-likeness (QED) is 0.346. The Morgan fingerprint density at radius 1 is 1.14 bits per heavy atom. The molecule has 1 aromatic carbocycles. The molecule has 37 heavy (non-hydrogen) atoms. The second-order valence-electron chi connectivity index (χ2n) is 9.92. The number of phenolic OH excluding ortho intramolecular Hbond substituents is 1. The fourth-order valence-electron chi connectivity index (χ4n) is 6.44. The van der Waals surface area contributed by atoms with Crippen LogP contribution in [-0.4, -0.2) is 87.6 Å². The van der Waals surface area contributed by atoms with Gasteiger partial charge in [0.1, 0.15) is 5.76 Å². The van der Waals surface area contributed by atoms with Crippen LogP contribution in [0.5, 0.6) is 11.5 Å². The number of aliphatic carboxylic acids is 1. The third-order valence-corrected chi connectivity index (χ3v) is 7.91. The molecule has 2 bridgehead atoms. The molecule has 1 saturated heterocycles. The van der Waals surface area contributed by atoms with E-state index in [1.165, 1.54) is 12.1 Å². The molecule has 0 amide bonds. The molecule has 0 saturated carbocycles. The van der Waals surface area contributed by atoms with Gasteiger partial charge in [-0.15, -0.1) is 0 Å². The Hall–Kier alpha value is -3.64. The summed E-state index contributed by atoms with van der Waals surface area (Å²) in [4.78, 5) is 50.1. The first kappa shape index (κ1) is 25.0. The van der Waals surface area contributed by atoms with Gasteiger partial charge in [0, 0.05) is 31.9 Å². The summed E-state index contributed by atoms with van der Waals surface area (Å²) in [7, 11) is 1.93. The second-order valence-corrected chi connectivity index (χ2v) is 9.92. The van der Waals surface area contributed by atoms with Crippen LogP contribution in [0.25, 0.3) is 0 Å². The highest BCUT2D eigenvalue weighted by molar-refractivity contribution is 5.88. The molecule has 3 N–H and O–H groups in total. The molecule has 5 rings (SSSR count). The van der Waals surface area contributed by atoms with E-state index in [0.29, 0.717) is 24.9 Å². The maximum absolute atomic E-state index is 13.2. The minimum absolute atomic E-state index is 0.0226. The Balaban J connectivity index is 1.55. The van der Waals surface area contributed by atoms with Gasteiger partial charge in [-0.3, -0.25) is 9.59 Å². The summed E-state index contributed by atoms with van der Waals surface area (Å²) in [6, 6.07) is 3.05. The Morgan fingerprint density at radius 3 is 2.46 bits per heavy atom. The largest absolute Gasteiger partial charge is 0.504 e. The molecule has 2 heterocycles. The molecular weight excluding hydrogens is 490 g/mol. The van der Waals surface area contributed by atoms with E-state index in [-0.39, 0.29) is 29.7 Å². The lowest BCUT2D eigenvalue weighted by atomic mass is 9.50. The Morgan fingerprint density at radius 2 is 1.81 bits per heavy atom. The molecule has 0 aromatic heterocycles. The number of esters is 3. The van der Waals surface area contributed by atoms with Gasteiger partial charge < -0.3 is 39.2 Å². The van der Waals surface area contributed by atoms with Crippen LogP contribution in [0.4, 0.5) is 0 Å². The number of likely N-dealkylation sites (tertiary alicyclic amines) is 1. The predicted molar refractivity (Wildman–Crippen MR) is 121 cm³/mol. The molecule has 1 fully saturated rings. The van der Waals surface area contributed by atoms with E-state index in [2.05, 4.69) is 4.90 Å². The fraction of sp³-hybridized carbons (Fsp3) is 0.520. The van der Waals surface area contributed by atoms with Crippen molar-refractivity contribution in [1.29, 1.82) is 0 Å². The zero-order valence-electron chi connectivity index (χ0n) is 20.4. The van der Waals surface area contributed by atoms with Gasteiger partial charge in [0.15, 0.2) is 17.6 Å². The smallest absolute Gasteiger partial charge is 0.357 e. The van der Waals surface area contributed by atoms with Gasteiger partial charge in [-0.1, -0.05) is 6.07 Å². The first-order valence-corrected chi connectivity index (χ1v) is 11.8. The summed E-state index contributed by atoms with van der Waals surface area (Å²) in [5.41, 5.74) is -0.771. The number of nitrogens with zero attached hydrogens (tertiary/aromatic N) is 1. The third kappa shape index (κ3) is 3.50. The van der Waals surface area contributed by atoms with Gasteiger partial charge in [0.2, 0.25) is 12.2 Å². The summed E-state index contributed by atoms with van der Waals surface area (Å²) >= 11 is 0. The fourth-order valence-corrected chi connectivity index (χ4v) is 6.44. The summed E-state index contributed by atoms with van der Waals surface area (Å²) in [5, 5.41) is 32.2. The van der Waals surface area contributed by atoms with Gasteiger partial charge in [-0.05, 0) is 44.1 Å². The van der Waals surface area contributed by atoms with Crippen molar-refractivity contribution in [1.82, 2.24) is 4.90 Å². The van der Waals surface area contributed by atoms with Gasteiger partial charge in [-0.25, -0.2) is 9.59 Å². The van der Waals surface area contributed by atoms with Crippen molar-refractivity contribution in [2.75, 3.05) is 13.6 Å². The Bertz CT molecular complexity index is 1240. The summed E-state index contributed by atoms with van der Waals surface area (Å²) < 4.78 is 21.4. The molecule has 0 radical (unpaired) electrons. The zero-order valence-corrected chi connectivity index (χ0v) is 20.4. The first-order valence-electron chi connectivity index (χ1n) is 11.8. The van der Waals surface area contributed by atoms with E-state index in [1.807, 2.05) is 7.05 Å². The van der Waals surface area contributed by atoms with Crippen LogP contribution in [-0.2, 0) is 45.2 Å². The molecule has 2 unspecified atom stereocenters. The maximum atomic E-state index is 13.2. The highest BCUT2D eigenvalue weighted by atomic mass is 16.6. The normalized spacial score (nSPS) is 30.6. The molecule has 2 aliphatic heterocycles. The number of benzene rings is 1. The van der Waals surface area contributed by atoms with Crippen LogP contribution in [0.2, 0.25) is 0 Å². The minimum atomic E-state index is -2.15. The van der Waals surface area contributed by atoms with Crippen molar-refractivity contribution in [3.8, 4) is 11.5 Å².